The van der Waals surface area contributed by atoms with Crippen molar-refractivity contribution in [1.29, 1.82) is 0 Å². The van der Waals surface area contributed by atoms with Crippen LogP contribution < -0.4 is 5.73 Å². The molecule has 1 atom stereocenters. The van der Waals surface area contributed by atoms with E-state index in [2.05, 4.69) is 0 Å². The lowest BCUT2D eigenvalue weighted by Crippen LogP contribution is -2.03. The van der Waals surface area contributed by atoms with E-state index in [-0.39, 0.29) is 23.0 Å². The molecule has 0 radical (unpaired) electrons. The summed E-state index contributed by atoms with van der Waals surface area (Å²) in [5.74, 6) is -0.751. The van der Waals surface area contributed by atoms with Gasteiger partial charge in [0.15, 0.2) is 0 Å². The summed E-state index contributed by atoms with van der Waals surface area (Å²) in [6, 6.07) is 10.3. The second kappa shape index (κ2) is 6.04. The van der Waals surface area contributed by atoms with Crippen LogP contribution in [0.3, 0.4) is 0 Å². The van der Waals surface area contributed by atoms with Crippen molar-refractivity contribution < 1.29 is 13.0 Å². The van der Waals surface area contributed by atoms with Crippen LogP contribution in [0.1, 0.15) is 11.1 Å². The van der Waals surface area contributed by atoms with Gasteiger partial charge >= 0.3 is 0 Å². The molecule has 0 bridgehead atoms. The molecule has 0 spiro atoms. The monoisotopic (exact) mass is 281 g/mol. The van der Waals surface area contributed by atoms with E-state index in [1.807, 2.05) is 0 Å². The van der Waals surface area contributed by atoms with Crippen LogP contribution in [-0.4, -0.2) is 4.21 Å². The van der Waals surface area contributed by atoms with Gasteiger partial charge in [0.1, 0.15) is 11.6 Å². The minimum atomic E-state index is -1.50. The molecule has 0 aromatic heterocycles. The van der Waals surface area contributed by atoms with Crippen LogP contribution in [0.4, 0.5) is 8.78 Å². The standard InChI is InChI=1S/C14H13F2NOS/c15-12-6-5-10(7-11(12)8-17)9-19(18)14-4-2-1-3-13(14)16/h1-7H,8-9,17H2. The first-order valence-corrected chi connectivity index (χ1v) is 7.04. The number of halogens is 2. The minimum absolute atomic E-state index is 0.0754. The highest BCUT2D eigenvalue weighted by molar-refractivity contribution is 7.84. The smallest absolute Gasteiger partial charge is 0.139 e. The lowest BCUT2D eigenvalue weighted by Gasteiger charge is -2.06. The van der Waals surface area contributed by atoms with Gasteiger partial charge in [-0.2, -0.15) is 0 Å². The molecule has 2 aromatic carbocycles. The number of rotatable bonds is 4. The van der Waals surface area contributed by atoms with Gasteiger partial charge in [0.2, 0.25) is 0 Å². The second-order valence-electron chi connectivity index (χ2n) is 4.05. The third kappa shape index (κ3) is 3.24. The largest absolute Gasteiger partial charge is 0.326 e. The molecule has 2 rings (SSSR count). The van der Waals surface area contributed by atoms with Gasteiger partial charge in [0.25, 0.3) is 0 Å². The van der Waals surface area contributed by atoms with Crippen molar-refractivity contribution in [3.05, 3.63) is 65.2 Å². The quantitative estimate of drug-likeness (QED) is 0.936. The molecule has 0 aliphatic heterocycles. The van der Waals surface area contributed by atoms with E-state index < -0.39 is 16.6 Å². The van der Waals surface area contributed by atoms with Crippen LogP contribution >= 0.6 is 0 Å². The van der Waals surface area contributed by atoms with E-state index in [0.717, 1.165) is 0 Å². The molecule has 0 amide bonds. The SMILES string of the molecule is NCc1cc(CS(=O)c2ccccc2F)ccc1F. The normalized spacial score (nSPS) is 12.4. The highest BCUT2D eigenvalue weighted by atomic mass is 32.2. The van der Waals surface area contributed by atoms with Gasteiger partial charge in [0, 0.05) is 12.1 Å². The van der Waals surface area contributed by atoms with Crippen molar-refractivity contribution >= 4 is 10.8 Å². The molecule has 0 saturated heterocycles. The van der Waals surface area contributed by atoms with Crippen LogP contribution in [-0.2, 0) is 23.1 Å². The molecule has 0 saturated carbocycles. The second-order valence-corrected chi connectivity index (χ2v) is 5.47. The van der Waals surface area contributed by atoms with E-state index in [4.69, 9.17) is 5.73 Å². The third-order valence-electron chi connectivity index (χ3n) is 2.71. The fourth-order valence-electron chi connectivity index (χ4n) is 1.73. The zero-order valence-electron chi connectivity index (χ0n) is 10.1. The first kappa shape index (κ1) is 13.8. The van der Waals surface area contributed by atoms with Crippen LogP contribution in [0.15, 0.2) is 47.4 Å². The summed E-state index contributed by atoms with van der Waals surface area (Å²) in [5, 5.41) is 0. The lowest BCUT2D eigenvalue weighted by molar-refractivity contribution is 0.595. The molecule has 2 aromatic rings. The van der Waals surface area contributed by atoms with Crippen LogP contribution in [0.25, 0.3) is 0 Å². The van der Waals surface area contributed by atoms with Crippen molar-refractivity contribution in [2.24, 2.45) is 5.73 Å². The maximum Gasteiger partial charge on any atom is 0.139 e. The van der Waals surface area contributed by atoms with Gasteiger partial charge < -0.3 is 5.73 Å². The molecule has 0 aliphatic carbocycles. The predicted octanol–water partition coefficient (Wildman–Crippen LogP) is 2.73. The minimum Gasteiger partial charge on any atom is -0.326 e. The van der Waals surface area contributed by atoms with Crippen molar-refractivity contribution in [2.75, 3.05) is 0 Å². The van der Waals surface area contributed by atoms with Gasteiger partial charge in [-0.3, -0.25) is 4.21 Å². The topological polar surface area (TPSA) is 43.1 Å². The Morgan fingerprint density at radius 1 is 1.05 bits per heavy atom. The number of nitrogens with two attached hydrogens (primary N) is 1. The summed E-state index contributed by atoms with van der Waals surface area (Å²) in [6.07, 6.45) is 0. The average Bonchev–Trinajstić information content (AvgIpc) is 2.41. The lowest BCUT2D eigenvalue weighted by atomic mass is 10.1. The summed E-state index contributed by atoms with van der Waals surface area (Å²) >= 11 is 0. The van der Waals surface area contributed by atoms with Crippen LogP contribution in [0, 0.1) is 11.6 Å². The Bertz CT molecular complexity index is 616. The van der Waals surface area contributed by atoms with Gasteiger partial charge in [0.05, 0.1) is 21.4 Å². The molecule has 100 valence electrons. The van der Waals surface area contributed by atoms with Crippen molar-refractivity contribution in [1.82, 2.24) is 0 Å². The molecule has 0 fully saturated rings. The molecule has 19 heavy (non-hydrogen) atoms. The summed E-state index contributed by atoms with van der Waals surface area (Å²) < 4.78 is 38.8. The van der Waals surface area contributed by atoms with Gasteiger partial charge in [-0.15, -0.1) is 0 Å². The molecule has 0 heterocycles. The van der Waals surface area contributed by atoms with E-state index in [1.165, 1.54) is 24.3 Å². The Balaban J connectivity index is 2.22. The Hall–Kier alpha value is -1.59. The third-order valence-corrected chi connectivity index (χ3v) is 4.13. The summed E-state index contributed by atoms with van der Waals surface area (Å²) in [5.41, 5.74) is 6.44. The maximum absolute atomic E-state index is 13.5. The van der Waals surface area contributed by atoms with Crippen molar-refractivity contribution in [3.63, 3.8) is 0 Å². The molecular weight excluding hydrogens is 268 g/mol. The summed E-state index contributed by atoms with van der Waals surface area (Å²) in [4.78, 5) is 0.154. The first-order valence-electron chi connectivity index (χ1n) is 5.72. The average molecular weight is 281 g/mol. The first-order chi connectivity index (χ1) is 9.11. The number of hydrogen-bond acceptors (Lipinski definition) is 2. The Morgan fingerprint density at radius 2 is 1.79 bits per heavy atom. The zero-order valence-corrected chi connectivity index (χ0v) is 10.9. The number of hydrogen-bond donors (Lipinski definition) is 1. The zero-order chi connectivity index (χ0) is 13.8. The highest BCUT2D eigenvalue weighted by Crippen LogP contribution is 2.17. The fraction of sp³-hybridized carbons (Fsp3) is 0.143. The Kier molecular flexibility index (Phi) is 4.39. The maximum atomic E-state index is 13.5. The van der Waals surface area contributed by atoms with Crippen molar-refractivity contribution in [3.8, 4) is 0 Å². The summed E-state index contributed by atoms with van der Waals surface area (Å²) in [6.45, 7) is 0.0754. The van der Waals surface area contributed by atoms with E-state index in [1.54, 1.807) is 18.2 Å². The summed E-state index contributed by atoms with van der Waals surface area (Å²) in [7, 11) is -1.50. The highest BCUT2D eigenvalue weighted by Gasteiger charge is 2.11. The number of benzene rings is 2. The van der Waals surface area contributed by atoms with Gasteiger partial charge in [-0.25, -0.2) is 8.78 Å². The Morgan fingerprint density at radius 3 is 2.47 bits per heavy atom. The molecule has 2 N–H and O–H groups in total. The Labute approximate surface area is 112 Å². The van der Waals surface area contributed by atoms with Gasteiger partial charge in [-0.05, 0) is 23.8 Å². The van der Waals surface area contributed by atoms with Crippen molar-refractivity contribution in [2.45, 2.75) is 17.2 Å². The van der Waals surface area contributed by atoms with E-state index in [0.29, 0.717) is 11.1 Å². The van der Waals surface area contributed by atoms with E-state index in [9.17, 15) is 13.0 Å². The van der Waals surface area contributed by atoms with E-state index >= 15 is 0 Å². The van der Waals surface area contributed by atoms with Gasteiger partial charge in [-0.1, -0.05) is 24.3 Å². The molecule has 5 heteroatoms. The molecule has 0 aliphatic rings. The predicted molar refractivity (Wildman–Crippen MR) is 70.8 cm³/mol. The molecule has 2 nitrogen and oxygen atoms in total. The molecule has 1 unspecified atom stereocenters. The van der Waals surface area contributed by atoms with Crippen LogP contribution in [0.5, 0.6) is 0 Å². The van der Waals surface area contributed by atoms with Crippen LogP contribution in [0.2, 0.25) is 0 Å². The molecular formula is C14H13F2NOS. The fourth-order valence-corrected chi connectivity index (χ4v) is 2.89.